The molecule has 4 N–H and O–H groups in total. The lowest BCUT2D eigenvalue weighted by molar-refractivity contribution is 0.120. The summed E-state index contributed by atoms with van der Waals surface area (Å²) in [5, 5.41) is 9.40. The van der Waals surface area contributed by atoms with E-state index in [-0.39, 0.29) is 17.9 Å². The summed E-state index contributed by atoms with van der Waals surface area (Å²) in [4.78, 5) is 0. The molecule has 5 nitrogen and oxygen atoms in total. The first-order valence-electron chi connectivity index (χ1n) is 6.48. The third kappa shape index (κ3) is 4.19. The first kappa shape index (κ1) is 14.3. The molecule has 0 heterocycles. The van der Waals surface area contributed by atoms with Gasteiger partial charge in [-0.2, -0.15) is 0 Å². The van der Waals surface area contributed by atoms with Crippen LogP contribution in [-0.2, 0) is 15.8 Å². The standard InChI is InChI=1S/C13H20N2O3S/c14-13-4-2-1-3-10(13)9-19(17,18)15-11-5-7-12(16)8-6-11/h1-4,11-12,15-16H,5-9,14H2. The summed E-state index contributed by atoms with van der Waals surface area (Å²) in [6, 6.07) is 6.90. The number of hydrogen-bond donors (Lipinski definition) is 3. The minimum Gasteiger partial charge on any atom is -0.398 e. The Hall–Kier alpha value is -1.11. The number of aliphatic hydroxyl groups is 1. The molecule has 0 unspecified atom stereocenters. The summed E-state index contributed by atoms with van der Waals surface area (Å²) < 4.78 is 26.8. The number of hydrogen-bond acceptors (Lipinski definition) is 4. The second-order valence-corrected chi connectivity index (χ2v) is 6.84. The van der Waals surface area contributed by atoms with E-state index in [1.54, 1.807) is 24.3 Å². The third-order valence-corrected chi connectivity index (χ3v) is 4.83. The fourth-order valence-electron chi connectivity index (χ4n) is 2.36. The van der Waals surface area contributed by atoms with Gasteiger partial charge in [0.15, 0.2) is 0 Å². The van der Waals surface area contributed by atoms with E-state index in [2.05, 4.69) is 4.72 Å². The van der Waals surface area contributed by atoms with Crippen molar-refractivity contribution in [2.45, 2.75) is 43.6 Å². The van der Waals surface area contributed by atoms with Gasteiger partial charge in [-0.1, -0.05) is 18.2 Å². The average molecular weight is 284 g/mol. The highest BCUT2D eigenvalue weighted by Gasteiger charge is 2.24. The van der Waals surface area contributed by atoms with E-state index in [4.69, 9.17) is 5.73 Å². The molecular weight excluding hydrogens is 264 g/mol. The number of sulfonamides is 1. The molecule has 1 aromatic rings. The van der Waals surface area contributed by atoms with Gasteiger partial charge in [-0.05, 0) is 37.3 Å². The lowest BCUT2D eigenvalue weighted by Crippen LogP contribution is -2.39. The molecular formula is C13H20N2O3S. The zero-order valence-corrected chi connectivity index (χ0v) is 11.6. The molecule has 0 spiro atoms. The Labute approximate surface area is 113 Å². The van der Waals surface area contributed by atoms with Gasteiger partial charge in [0.1, 0.15) is 0 Å². The number of benzene rings is 1. The highest BCUT2D eigenvalue weighted by atomic mass is 32.2. The van der Waals surface area contributed by atoms with Crippen molar-refractivity contribution >= 4 is 15.7 Å². The fraction of sp³-hybridized carbons (Fsp3) is 0.538. The van der Waals surface area contributed by atoms with Crippen LogP contribution in [0.2, 0.25) is 0 Å². The smallest absolute Gasteiger partial charge is 0.216 e. The van der Waals surface area contributed by atoms with Crippen LogP contribution in [0.25, 0.3) is 0 Å². The zero-order chi connectivity index (χ0) is 13.9. The Morgan fingerprint density at radius 2 is 1.84 bits per heavy atom. The lowest BCUT2D eigenvalue weighted by atomic mass is 9.94. The predicted molar refractivity (Wildman–Crippen MR) is 74.9 cm³/mol. The topological polar surface area (TPSA) is 92.4 Å². The highest BCUT2D eigenvalue weighted by molar-refractivity contribution is 7.88. The SMILES string of the molecule is Nc1ccccc1CS(=O)(=O)NC1CCC(O)CC1. The molecule has 0 radical (unpaired) electrons. The Kier molecular flexibility index (Phi) is 4.44. The van der Waals surface area contributed by atoms with Crippen molar-refractivity contribution in [1.82, 2.24) is 4.72 Å². The molecule has 1 aromatic carbocycles. The van der Waals surface area contributed by atoms with Crippen LogP contribution in [0.15, 0.2) is 24.3 Å². The first-order valence-corrected chi connectivity index (χ1v) is 8.13. The summed E-state index contributed by atoms with van der Waals surface area (Å²) in [6.07, 6.45) is 2.39. The van der Waals surface area contributed by atoms with Crippen LogP contribution in [-0.4, -0.2) is 25.7 Å². The first-order chi connectivity index (χ1) is 8.96. The number of rotatable bonds is 4. The summed E-state index contributed by atoms with van der Waals surface area (Å²) in [6.45, 7) is 0. The van der Waals surface area contributed by atoms with Crippen molar-refractivity contribution in [2.24, 2.45) is 0 Å². The van der Waals surface area contributed by atoms with Gasteiger partial charge in [-0.15, -0.1) is 0 Å². The van der Waals surface area contributed by atoms with Crippen molar-refractivity contribution in [3.63, 3.8) is 0 Å². The van der Waals surface area contributed by atoms with E-state index in [1.807, 2.05) is 0 Å². The van der Waals surface area contributed by atoms with E-state index in [0.717, 1.165) is 0 Å². The van der Waals surface area contributed by atoms with Crippen LogP contribution >= 0.6 is 0 Å². The molecule has 0 bridgehead atoms. The number of nitrogens with two attached hydrogens (primary N) is 1. The minimum absolute atomic E-state index is 0.0710. The van der Waals surface area contributed by atoms with Gasteiger partial charge in [0.2, 0.25) is 10.0 Å². The average Bonchev–Trinajstić information content (AvgIpc) is 2.35. The number of nitrogens with one attached hydrogen (secondary N) is 1. The van der Waals surface area contributed by atoms with Crippen LogP contribution in [0.5, 0.6) is 0 Å². The van der Waals surface area contributed by atoms with Gasteiger partial charge in [0.05, 0.1) is 11.9 Å². The second kappa shape index (κ2) is 5.90. The van der Waals surface area contributed by atoms with Gasteiger partial charge < -0.3 is 10.8 Å². The molecule has 1 saturated carbocycles. The second-order valence-electron chi connectivity index (χ2n) is 5.08. The zero-order valence-electron chi connectivity index (χ0n) is 10.7. The van der Waals surface area contributed by atoms with Crippen molar-refractivity contribution in [1.29, 1.82) is 0 Å². The van der Waals surface area contributed by atoms with Crippen LogP contribution in [0.3, 0.4) is 0 Å². The Morgan fingerprint density at radius 1 is 1.21 bits per heavy atom. The molecule has 1 fully saturated rings. The molecule has 2 rings (SSSR count). The summed E-state index contributed by atoms with van der Waals surface area (Å²) >= 11 is 0. The van der Waals surface area contributed by atoms with E-state index >= 15 is 0 Å². The van der Waals surface area contributed by atoms with Crippen LogP contribution in [0.4, 0.5) is 5.69 Å². The quantitative estimate of drug-likeness (QED) is 0.719. The number of anilines is 1. The molecule has 0 amide bonds. The highest BCUT2D eigenvalue weighted by Crippen LogP contribution is 2.20. The van der Waals surface area contributed by atoms with Crippen molar-refractivity contribution in [2.75, 3.05) is 5.73 Å². The molecule has 0 atom stereocenters. The molecule has 106 valence electrons. The Balaban J connectivity index is 1.97. The number of aliphatic hydroxyl groups excluding tert-OH is 1. The largest absolute Gasteiger partial charge is 0.398 e. The van der Waals surface area contributed by atoms with E-state index < -0.39 is 10.0 Å². The van der Waals surface area contributed by atoms with Crippen molar-refractivity contribution < 1.29 is 13.5 Å². The molecule has 0 aliphatic heterocycles. The van der Waals surface area contributed by atoms with E-state index in [1.165, 1.54) is 0 Å². The summed E-state index contributed by atoms with van der Waals surface area (Å²) in [7, 11) is -3.39. The fourth-order valence-corrected chi connectivity index (χ4v) is 3.86. The molecule has 6 heteroatoms. The van der Waals surface area contributed by atoms with Crippen molar-refractivity contribution in [3.05, 3.63) is 29.8 Å². The summed E-state index contributed by atoms with van der Waals surface area (Å²) in [5.41, 5.74) is 6.86. The lowest BCUT2D eigenvalue weighted by Gasteiger charge is -2.26. The van der Waals surface area contributed by atoms with Gasteiger partial charge in [-0.25, -0.2) is 13.1 Å². The maximum absolute atomic E-state index is 12.1. The maximum atomic E-state index is 12.1. The van der Waals surface area contributed by atoms with Crippen LogP contribution < -0.4 is 10.5 Å². The van der Waals surface area contributed by atoms with Gasteiger partial charge in [-0.3, -0.25) is 0 Å². The monoisotopic (exact) mass is 284 g/mol. The van der Waals surface area contributed by atoms with Gasteiger partial charge in [0.25, 0.3) is 0 Å². The summed E-state index contributed by atoms with van der Waals surface area (Å²) in [5.74, 6) is -0.0985. The van der Waals surface area contributed by atoms with Crippen LogP contribution in [0.1, 0.15) is 31.2 Å². The van der Waals surface area contributed by atoms with Gasteiger partial charge >= 0.3 is 0 Å². The van der Waals surface area contributed by atoms with Gasteiger partial charge in [0, 0.05) is 11.7 Å². The molecule has 19 heavy (non-hydrogen) atoms. The number of nitrogen functional groups attached to an aromatic ring is 1. The van der Waals surface area contributed by atoms with E-state index in [0.29, 0.717) is 36.9 Å². The van der Waals surface area contributed by atoms with E-state index in [9.17, 15) is 13.5 Å². The minimum atomic E-state index is -3.39. The Morgan fingerprint density at radius 3 is 2.47 bits per heavy atom. The van der Waals surface area contributed by atoms with Crippen molar-refractivity contribution in [3.8, 4) is 0 Å². The molecule has 0 aromatic heterocycles. The maximum Gasteiger partial charge on any atom is 0.216 e. The normalized spacial score (nSPS) is 24.3. The molecule has 1 aliphatic rings. The Bertz CT molecular complexity index is 522. The molecule has 1 aliphatic carbocycles. The predicted octanol–water partition coefficient (Wildman–Crippen LogP) is 0.992. The van der Waals surface area contributed by atoms with Crippen LogP contribution in [0, 0.1) is 0 Å². The third-order valence-electron chi connectivity index (χ3n) is 3.44. The number of para-hydroxylation sites is 1. The molecule has 0 saturated heterocycles.